The van der Waals surface area contributed by atoms with Gasteiger partial charge in [0.1, 0.15) is 11.0 Å². The summed E-state index contributed by atoms with van der Waals surface area (Å²) < 4.78 is 24.0. The summed E-state index contributed by atoms with van der Waals surface area (Å²) in [5.74, 6) is 1.14. The maximum atomic E-state index is 10.8. The third kappa shape index (κ3) is 5.01. The Morgan fingerprint density at radius 3 is 2.70 bits per heavy atom. The molecule has 4 aromatic rings. The standard InChI is InChI=1S/C22H24N8O2S/c31-33(32)25-13-15-2-1-3-16(12-15)21-27-19-14-24-29-20(19)22(28-21)26-17-4-6-18(7-5-17)30-10-8-23-9-11-30/h1-7,12,14,23,25H,8-11,13H2,(H,24,29)(H,31,32)(H,26,27,28)/p-1. The third-order valence-corrected chi connectivity index (χ3v) is 5.87. The van der Waals surface area contributed by atoms with Crippen molar-refractivity contribution in [1.82, 2.24) is 30.2 Å². The summed E-state index contributed by atoms with van der Waals surface area (Å²) in [6.07, 6.45) is 1.66. The molecule has 3 heterocycles. The van der Waals surface area contributed by atoms with Gasteiger partial charge in [0, 0.05) is 60.9 Å². The Labute approximate surface area is 193 Å². The first-order valence-electron chi connectivity index (χ1n) is 10.6. The lowest BCUT2D eigenvalue weighted by molar-refractivity contribution is 0.522. The van der Waals surface area contributed by atoms with Crippen LogP contribution in [0.15, 0.2) is 54.7 Å². The smallest absolute Gasteiger partial charge is 0.162 e. The van der Waals surface area contributed by atoms with E-state index in [1.165, 1.54) is 5.69 Å². The van der Waals surface area contributed by atoms with Gasteiger partial charge in [-0.05, 0) is 35.9 Å². The molecule has 1 aliphatic heterocycles. The van der Waals surface area contributed by atoms with Gasteiger partial charge >= 0.3 is 0 Å². The van der Waals surface area contributed by atoms with Crippen molar-refractivity contribution in [2.24, 2.45) is 0 Å². The van der Waals surface area contributed by atoms with Crippen molar-refractivity contribution in [3.8, 4) is 11.4 Å². The Balaban J connectivity index is 1.41. The van der Waals surface area contributed by atoms with Crippen molar-refractivity contribution < 1.29 is 8.76 Å². The van der Waals surface area contributed by atoms with E-state index in [9.17, 15) is 8.76 Å². The van der Waals surface area contributed by atoms with Crippen LogP contribution in [-0.2, 0) is 17.8 Å². The molecule has 1 aliphatic rings. The number of anilines is 3. The van der Waals surface area contributed by atoms with Crippen molar-refractivity contribution in [3.05, 3.63) is 60.3 Å². The fourth-order valence-corrected chi connectivity index (χ4v) is 4.12. The summed E-state index contributed by atoms with van der Waals surface area (Å²) in [6, 6.07) is 15.8. The van der Waals surface area contributed by atoms with Crippen molar-refractivity contribution in [2.75, 3.05) is 36.4 Å². The highest BCUT2D eigenvalue weighted by molar-refractivity contribution is 7.77. The van der Waals surface area contributed by atoms with Gasteiger partial charge in [0.25, 0.3) is 0 Å². The minimum Gasteiger partial charge on any atom is -0.760 e. The van der Waals surface area contributed by atoms with Gasteiger partial charge in [-0.1, -0.05) is 18.2 Å². The van der Waals surface area contributed by atoms with Gasteiger partial charge in [0.2, 0.25) is 0 Å². The average Bonchev–Trinajstić information content (AvgIpc) is 3.33. The molecule has 1 unspecified atom stereocenters. The number of aromatic nitrogens is 4. The number of nitrogens with one attached hydrogen (secondary N) is 4. The lowest BCUT2D eigenvalue weighted by atomic mass is 10.1. The summed E-state index contributed by atoms with van der Waals surface area (Å²) in [5.41, 5.74) is 5.09. The van der Waals surface area contributed by atoms with Crippen molar-refractivity contribution in [2.45, 2.75) is 6.54 Å². The lowest BCUT2D eigenvalue weighted by Gasteiger charge is -2.29. The molecule has 1 fully saturated rings. The minimum absolute atomic E-state index is 0.197. The van der Waals surface area contributed by atoms with Crippen LogP contribution in [0.1, 0.15) is 5.56 Å². The Morgan fingerprint density at radius 2 is 1.91 bits per heavy atom. The number of fused-ring (bicyclic) bond motifs is 1. The molecule has 2 aromatic carbocycles. The van der Waals surface area contributed by atoms with Gasteiger partial charge in [-0.15, -0.1) is 0 Å². The fraction of sp³-hybridized carbons (Fsp3) is 0.227. The second kappa shape index (κ2) is 9.63. The first-order chi connectivity index (χ1) is 16.2. The number of piperazine rings is 1. The molecule has 0 spiro atoms. The van der Waals surface area contributed by atoms with Crippen LogP contribution in [0.3, 0.4) is 0 Å². The number of benzene rings is 2. The molecular formula is C22H23N8O2S-. The summed E-state index contributed by atoms with van der Waals surface area (Å²) in [5, 5.41) is 13.8. The lowest BCUT2D eigenvalue weighted by Crippen LogP contribution is -2.43. The molecule has 0 saturated carbocycles. The molecule has 11 heteroatoms. The van der Waals surface area contributed by atoms with Crippen LogP contribution in [0.5, 0.6) is 0 Å². The average molecular weight is 464 g/mol. The van der Waals surface area contributed by atoms with E-state index >= 15 is 0 Å². The van der Waals surface area contributed by atoms with Crippen LogP contribution in [-0.4, -0.2) is 55.1 Å². The molecule has 33 heavy (non-hydrogen) atoms. The normalized spacial score (nSPS) is 15.0. The van der Waals surface area contributed by atoms with Gasteiger partial charge < -0.3 is 20.1 Å². The van der Waals surface area contributed by atoms with Crippen LogP contribution < -0.4 is 20.3 Å². The zero-order valence-corrected chi connectivity index (χ0v) is 18.6. The Kier molecular flexibility index (Phi) is 6.26. The maximum Gasteiger partial charge on any atom is 0.162 e. The first-order valence-corrected chi connectivity index (χ1v) is 11.7. The zero-order chi connectivity index (χ0) is 22.6. The number of H-pyrrole nitrogens is 1. The predicted octanol–water partition coefficient (Wildman–Crippen LogP) is 2.06. The number of hydrogen-bond acceptors (Lipinski definition) is 8. The molecule has 0 radical (unpaired) electrons. The van der Waals surface area contributed by atoms with E-state index in [4.69, 9.17) is 4.98 Å². The topological polar surface area (TPSA) is 134 Å². The highest BCUT2D eigenvalue weighted by Crippen LogP contribution is 2.27. The molecule has 10 nitrogen and oxygen atoms in total. The van der Waals surface area contributed by atoms with E-state index in [0.29, 0.717) is 22.7 Å². The van der Waals surface area contributed by atoms with Gasteiger partial charge in [0.15, 0.2) is 11.6 Å². The Morgan fingerprint density at radius 1 is 1.09 bits per heavy atom. The molecular weight excluding hydrogens is 440 g/mol. The summed E-state index contributed by atoms with van der Waals surface area (Å²) in [7, 11) is 0. The zero-order valence-electron chi connectivity index (χ0n) is 17.7. The third-order valence-electron chi connectivity index (χ3n) is 5.49. The van der Waals surface area contributed by atoms with Crippen LogP contribution in [0.25, 0.3) is 22.4 Å². The van der Waals surface area contributed by atoms with Crippen LogP contribution in [0, 0.1) is 0 Å². The number of rotatable bonds is 7. The van der Waals surface area contributed by atoms with Gasteiger partial charge in [0.05, 0.1) is 6.20 Å². The SMILES string of the molecule is O=S([O-])NCc1cccc(-c2nc(Nc3ccc(N4CCNCC4)cc3)c3[nH]ncc3n2)c1. The summed E-state index contributed by atoms with van der Waals surface area (Å²) in [4.78, 5) is 11.7. The van der Waals surface area contributed by atoms with E-state index in [1.807, 2.05) is 36.4 Å². The molecule has 0 bridgehead atoms. The molecule has 1 atom stereocenters. The summed E-state index contributed by atoms with van der Waals surface area (Å²) in [6.45, 7) is 4.18. The highest BCUT2D eigenvalue weighted by Gasteiger charge is 2.13. The van der Waals surface area contributed by atoms with Crippen molar-refractivity contribution in [3.63, 3.8) is 0 Å². The van der Waals surface area contributed by atoms with E-state index in [-0.39, 0.29) is 6.54 Å². The molecule has 1 saturated heterocycles. The monoisotopic (exact) mass is 463 g/mol. The van der Waals surface area contributed by atoms with Crippen molar-refractivity contribution >= 4 is 39.5 Å². The molecule has 5 rings (SSSR count). The predicted molar refractivity (Wildman–Crippen MR) is 128 cm³/mol. The molecule has 0 aliphatic carbocycles. The Bertz CT molecular complexity index is 1270. The Hall–Kier alpha value is -3.38. The quantitative estimate of drug-likeness (QED) is 0.306. The van der Waals surface area contributed by atoms with E-state index < -0.39 is 11.3 Å². The maximum absolute atomic E-state index is 10.8. The van der Waals surface area contributed by atoms with Crippen LogP contribution in [0.2, 0.25) is 0 Å². The minimum atomic E-state index is -2.32. The fourth-order valence-electron chi connectivity index (χ4n) is 3.84. The van der Waals surface area contributed by atoms with E-state index in [0.717, 1.165) is 43.0 Å². The van der Waals surface area contributed by atoms with Gasteiger partial charge in [-0.3, -0.25) is 9.31 Å². The molecule has 0 amide bonds. The van der Waals surface area contributed by atoms with E-state index in [2.05, 4.69) is 47.6 Å². The molecule has 170 valence electrons. The van der Waals surface area contributed by atoms with E-state index in [1.54, 1.807) is 6.20 Å². The van der Waals surface area contributed by atoms with Crippen LogP contribution in [0.4, 0.5) is 17.2 Å². The van der Waals surface area contributed by atoms with Gasteiger partial charge in [-0.25, -0.2) is 14.7 Å². The largest absolute Gasteiger partial charge is 0.760 e. The number of nitrogens with zero attached hydrogens (tertiary/aromatic N) is 4. The second-order valence-corrected chi connectivity index (χ2v) is 8.45. The number of aromatic amines is 1. The molecule has 4 N–H and O–H groups in total. The van der Waals surface area contributed by atoms with Crippen molar-refractivity contribution in [1.29, 1.82) is 0 Å². The van der Waals surface area contributed by atoms with Gasteiger partial charge in [-0.2, -0.15) is 5.10 Å². The second-order valence-electron chi connectivity index (χ2n) is 7.69. The first kappa shape index (κ1) is 21.5. The number of hydrogen-bond donors (Lipinski definition) is 4. The summed E-state index contributed by atoms with van der Waals surface area (Å²) >= 11 is -2.32. The molecule has 2 aromatic heterocycles. The highest BCUT2D eigenvalue weighted by atomic mass is 32.2. The van der Waals surface area contributed by atoms with Crippen LogP contribution >= 0.6 is 0 Å².